The number of hydrogen-bond donors (Lipinski definition) is 0. The van der Waals surface area contributed by atoms with Gasteiger partial charge in [0.2, 0.25) is 0 Å². The molecule has 0 bridgehead atoms. The molecule has 84 valence electrons. The van der Waals surface area contributed by atoms with Gasteiger partial charge in [0, 0.05) is 3.57 Å². The smallest absolute Gasteiger partial charge is 0.120 e. The molecule has 2 heteroatoms. The minimum atomic E-state index is -0.142. The van der Waals surface area contributed by atoms with Gasteiger partial charge in [-0.1, -0.05) is 12.1 Å². The molecule has 0 aromatic heterocycles. The van der Waals surface area contributed by atoms with Gasteiger partial charge in [-0.3, -0.25) is 0 Å². The Kier molecular flexibility index (Phi) is 3.10. The minimum Gasteiger partial charge on any atom is -0.488 e. The van der Waals surface area contributed by atoms with Crippen molar-refractivity contribution in [2.45, 2.75) is 26.4 Å². The highest BCUT2D eigenvalue weighted by Crippen LogP contribution is 2.25. The summed E-state index contributed by atoms with van der Waals surface area (Å²) in [6.07, 6.45) is 0. The predicted molar refractivity (Wildman–Crippen MR) is 77.0 cm³/mol. The van der Waals surface area contributed by atoms with Crippen LogP contribution in [0, 0.1) is 3.57 Å². The van der Waals surface area contributed by atoms with Crippen LogP contribution in [0.2, 0.25) is 0 Å². The molecule has 0 saturated carbocycles. The molecule has 0 heterocycles. The Hall–Kier alpha value is -0.770. The number of benzene rings is 2. The Morgan fingerprint density at radius 1 is 0.938 bits per heavy atom. The van der Waals surface area contributed by atoms with Crippen molar-refractivity contribution >= 4 is 33.4 Å². The van der Waals surface area contributed by atoms with Crippen LogP contribution in [0.25, 0.3) is 10.8 Å². The molecule has 1 nitrogen and oxygen atoms in total. The van der Waals surface area contributed by atoms with Gasteiger partial charge in [-0.2, -0.15) is 0 Å². The summed E-state index contributed by atoms with van der Waals surface area (Å²) in [7, 11) is 0. The van der Waals surface area contributed by atoms with Gasteiger partial charge in [0.25, 0.3) is 0 Å². The van der Waals surface area contributed by atoms with Gasteiger partial charge in [-0.15, -0.1) is 0 Å². The van der Waals surface area contributed by atoms with E-state index in [1.807, 2.05) is 6.07 Å². The maximum atomic E-state index is 5.84. The topological polar surface area (TPSA) is 9.23 Å². The Morgan fingerprint density at radius 3 is 2.25 bits per heavy atom. The first-order valence-electron chi connectivity index (χ1n) is 5.32. The zero-order valence-electron chi connectivity index (χ0n) is 9.75. The molecule has 0 atom stereocenters. The average molecular weight is 326 g/mol. The molecular formula is C14H15IO. The summed E-state index contributed by atoms with van der Waals surface area (Å²) in [6, 6.07) is 12.7. The molecule has 2 aromatic rings. The normalized spacial score (nSPS) is 11.8. The lowest BCUT2D eigenvalue weighted by atomic mass is 10.1. The second-order valence-corrected chi connectivity index (χ2v) is 6.11. The Labute approximate surface area is 110 Å². The van der Waals surface area contributed by atoms with Crippen molar-refractivity contribution < 1.29 is 4.74 Å². The Bertz CT molecular complexity index is 512. The standard InChI is InChI=1S/C14H15IO/c1-14(2,3)16-13-7-5-10-8-12(15)6-4-11(10)9-13/h4-9H,1-3H3. The van der Waals surface area contributed by atoms with E-state index in [2.05, 4.69) is 73.7 Å². The number of halogens is 1. The van der Waals surface area contributed by atoms with Crippen molar-refractivity contribution in [2.75, 3.05) is 0 Å². The molecule has 0 aliphatic carbocycles. The Balaban J connectivity index is 2.41. The third-order valence-electron chi connectivity index (χ3n) is 2.20. The van der Waals surface area contributed by atoms with Crippen LogP contribution < -0.4 is 4.74 Å². The third-order valence-corrected chi connectivity index (χ3v) is 2.87. The SMILES string of the molecule is CC(C)(C)Oc1ccc2cc(I)ccc2c1. The summed E-state index contributed by atoms with van der Waals surface area (Å²) < 4.78 is 7.10. The van der Waals surface area contributed by atoms with Crippen molar-refractivity contribution in [3.63, 3.8) is 0 Å². The van der Waals surface area contributed by atoms with Gasteiger partial charge in [0.05, 0.1) is 0 Å². The molecule has 0 radical (unpaired) electrons. The van der Waals surface area contributed by atoms with Crippen LogP contribution in [0.5, 0.6) is 5.75 Å². The van der Waals surface area contributed by atoms with Gasteiger partial charge in [-0.05, 0) is 78.4 Å². The highest BCUT2D eigenvalue weighted by Gasteiger charge is 2.11. The van der Waals surface area contributed by atoms with E-state index in [0.717, 1.165) is 5.75 Å². The summed E-state index contributed by atoms with van der Waals surface area (Å²) in [5.41, 5.74) is -0.142. The van der Waals surface area contributed by atoms with Crippen molar-refractivity contribution in [2.24, 2.45) is 0 Å². The van der Waals surface area contributed by atoms with Crippen LogP contribution in [0.15, 0.2) is 36.4 Å². The van der Waals surface area contributed by atoms with E-state index in [0.29, 0.717) is 0 Å². The molecule has 0 aliphatic rings. The van der Waals surface area contributed by atoms with Gasteiger partial charge in [0.1, 0.15) is 11.4 Å². The average Bonchev–Trinajstić information content (AvgIpc) is 2.16. The largest absolute Gasteiger partial charge is 0.488 e. The number of ether oxygens (including phenoxy) is 1. The van der Waals surface area contributed by atoms with E-state index < -0.39 is 0 Å². The van der Waals surface area contributed by atoms with Gasteiger partial charge in [0.15, 0.2) is 0 Å². The summed E-state index contributed by atoms with van der Waals surface area (Å²) in [4.78, 5) is 0. The molecule has 0 spiro atoms. The van der Waals surface area contributed by atoms with E-state index in [4.69, 9.17) is 4.74 Å². The van der Waals surface area contributed by atoms with Crippen LogP contribution in [0.1, 0.15) is 20.8 Å². The second kappa shape index (κ2) is 4.24. The fourth-order valence-corrected chi connectivity index (χ4v) is 2.13. The Morgan fingerprint density at radius 2 is 1.56 bits per heavy atom. The van der Waals surface area contributed by atoms with E-state index in [1.165, 1.54) is 14.3 Å². The quantitative estimate of drug-likeness (QED) is 0.695. The zero-order chi connectivity index (χ0) is 11.8. The van der Waals surface area contributed by atoms with Crippen LogP contribution in [0.3, 0.4) is 0 Å². The van der Waals surface area contributed by atoms with Crippen LogP contribution in [-0.2, 0) is 0 Å². The van der Waals surface area contributed by atoms with Crippen molar-refractivity contribution in [3.05, 3.63) is 40.0 Å². The lowest BCUT2D eigenvalue weighted by molar-refractivity contribution is 0.131. The zero-order valence-corrected chi connectivity index (χ0v) is 11.9. The van der Waals surface area contributed by atoms with Crippen molar-refractivity contribution in [1.82, 2.24) is 0 Å². The predicted octanol–water partition coefficient (Wildman–Crippen LogP) is 4.62. The monoisotopic (exact) mass is 326 g/mol. The maximum Gasteiger partial charge on any atom is 0.120 e. The lowest BCUT2D eigenvalue weighted by Gasteiger charge is -2.21. The molecule has 2 aromatic carbocycles. The first-order chi connectivity index (χ1) is 7.44. The highest BCUT2D eigenvalue weighted by atomic mass is 127. The molecule has 0 unspecified atom stereocenters. The molecule has 0 aliphatic heterocycles. The number of rotatable bonds is 1. The number of fused-ring (bicyclic) bond motifs is 1. The molecule has 0 amide bonds. The lowest BCUT2D eigenvalue weighted by Crippen LogP contribution is -2.22. The van der Waals surface area contributed by atoms with Gasteiger partial charge < -0.3 is 4.74 Å². The second-order valence-electron chi connectivity index (χ2n) is 4.87. The maximum absolute atomic E-state index is 5.84. The third kappa shape index (κ3) is 2.88. The fourth-order valence-electron chi connectivity index (χ4n) is 1.61. The van der Waals surface area contributed by atoms with E-state index in [9.17, 15) is 0 Å². The molecule has 0 N–H and O–H groups in total. The first kappa shape index (κ1) is 11.7. The molecule has 16 heavy (non-hydrogen) atoms. The van der Waals surface area contributed by atoms with Gasteiger partial charge in [-0.25, -0.2) is 0 Å². The van der Waals surface area contributed by atoms with Crippen LogP contribution in [-0.4, -0.2) is 5.60 Å². The van der Waals surface area contributed by atoms with Crippen molar-refractivity contribution in [3.8, 4) is 5.75 Å². The minimum absolute atomic E-state index is 0.142. The van der Waals surface area contributed by atoms with Gasteiger partial charge >= 0.3 is 0 Å². The summed E-state index contributed by atoms with van der Waals surface area (Å²) in [5, 5.41) is 2.48. The van der Waals surface area contributed by atoms with E-state index in [-0.39, 0.29) is 5.60 Å². The van der Waals surface area contributed by atoms with E-state index >= 15 is 0 Å². The first-order valence-corrected chi connectivity index (χ1v) is 6.40. The molecule has 2 rings (SSSR count). The molecular weight excluding hydrogens is 311 g/mol. The van der Waals surface area contributed by atoms with E-state index in [1.54, 1.807) is 0 Å². The van der Waals surface area contributed by atoms with Crippen molar-refractivity contribution in [1.29, 1.82) is 0 Å². The summed E-state index contributed by atoms with van der Waals surface area (Å²) in [6.45, 7) is 6.18. The summed E-state index contributed by atoms with van der Waals surface area (Å²) >= 11 is 2.33. The van der Waals surface area contributed by atoms with Crippen LogP contribution in [0.4, 0.5) is 0 Å². The number of hydrogen-bond acceptors (Lipinski definition) is 1. The van der Waals surface area contributed by atoms with Crippen LogP contribution >= 0.6 is 22.6 Å². The molecule has 0 fully saturated rings. The fraction of sp³-hybridized carbons (Fsp3) is 0.286. The highest BCUT2D eigenvalue weighted by molar-refractivity contribution is 14.1. The summed E-state index contributed by atoms with van der Waals surface area (Å²) in [5.74, 6) is 0.932. The molecule has 0 saturated heterocycles.